The van der Waals surface area contributed by atoms with Gasteiger partial charge in [-0.1, -0.05) is 55.9 Å². The first-order valence-corrected chi connectivity index (χ1v) is 12.8. The molecule has 2 aromatic heterocycles. The first kappa shape index (κ1) is 24.8. The summed E-state index contributed by atoms with van der Waals surface area (Å²) in [6.45, 7) is 6.67. The zero-order valence-corrected chi connectivity index (χ0v) is 21.3. The van der Waals surface area contributed by atoms with Crippen molar-refractivity contribution in [2.75, 3.05) is 12.9 Å². The summed E-state index contributed by atoms with van der Waals surface area (Å²) in [6, 6.07) is 15.1. The number of aromatic nitrogens is 4. The normalized spacial score (nSPS) is 12.4. The van der Waals surface area contributed by atoms with Crippen LogP contribution in [-0.2, 0) is 11.3 Å². The number of rotatable bonds is 10. The van der Waals surface area contributed by atoms with Gasteiger partial charge in [-0.2, -0.15) is 0 Å². The van der Waals surface area contributed by atoms with E-state index in [1.807, 2.05) is 53.8 Å². The molecule has 0 aliphatic rings. The topological polar surface area (TPSA) is 90.5 Å². The molecule has 0 unspecified atom stereocenters. The quantitative estimate of drug-likeness (QED) is 0.334. The van der Waals surface area contributed by atoms with Crippen LogP contribution in [0.2, 0.25) is 0 Å². The first-order chi connectivity index (χ1) is 16.9. The Hall–Kier alpha value is -3.33. The van der Waals surface area contributed by atoms with Crippen LogP contribution in [-0.4, -0.2) is 44.0 Å². The van der Waals surface area contributed by atoms with E-state index in [-0.39, 0.29) is 29.8 Å². The molecule has 0 bridgehead atoms. The van der Waals surface area contributed by atoms with Crippen molar-refractivity contribution < 1.29 is 9.53 Å². The average molecular weight is 494 g/mol. The van der Waals surface area contributed by atoms with Crippen LogP contribution in [0.25, 0.3) is 16.7 Å². The van der Waals surface area contributed by atoms with Crippen molar-refractivity contribution in [3.63, 3.8) is 0 Å². The lowest BCUT2D eigenvalue weighted by Gasteiger charge is -2.15. The van der Waals surface area contributed by atoms with Crippen LogP contribution in [0.4, 0.5) is 0 Å². The van der Waals surface area contributed by atoms with Crippen molar-refractivity contribution in [1.82, 2.24) is 24.5 Å². The number of benzene rings is 2. The highest BCUT2D eigenvalue weighted by Gasteiger charge is 2.19. The molecule has 4 rings (SSSR count). The molecule has 0 saturated heterocycles. The first-order valence-electron chi connectivity index (χ1n) is 11.8. The molecule has 0 spiro atoms. The van der Waals surface area contributed by atoms with Crippen LogP contribution >= 0.6 is 11.8 Å². The van der Waals surface area contributed by atoms with Crippen LogP contribution in [0.3, 0.4) is 0 Å². The minimum absolute atomic E-state index is 0.0466. The van der Waals surface area contributed by atoms with Gasteiger partial charge in [-0.15, -0.1) is 10.2 Å². The highest BCUT2D eigenvalue weighted by molar-refractivity contribution is 7.99. The zero-order chi connectivity index (χ0) is 24.9. The Bertz CT molecular complexity index is 1400. The number of carbonyl (C=O) groups is 1. The number of hydrogen-bond donors (Lipinski definition) is 1. The van der Waals surface area contributed by atoms with Crippen LogP contribution in [0.5, 0.6) is 5.75 Å². The summed E-state index contributed by atoms with van der Waals surface area (Å²) >= 11 is 1.31. The van der Waals surface area contributed by atoms with E-state index < -0.39 is 0 Å². The molecule has 0 fully saturated rings. The third-order valence-electron chi connectivity index (χ3n) is 5.92. The van der Waals surface area contributed by atoms with Crippen molar-refractivity contribution in [2.45, 2.75) is 51.4 Å². The summed E-state index contributed by atoms with van der Waals surface area (Å²) in [7, 11) is 1.61. The predicted molar refractivity (Wildman–Crippen MR) is 139 cm³/mol. The largest absolute Gasteiger partial charge is 0.496 e. The molecule has 4 aromatic rings. The van der Waals surface area contributed by atoms with E-state index in [2.05, 4.69) is 29.4 Å². The lowest BCUT2D eigenvalue weighted by molar-refractivity contribution is -0.119. The molecular weight excluding hydrogens is 462 g/mol. The van der Waals surface area contributed by atoms with Crippen molar-refractivity contribution in [1.29, 1.82) is 0 Å². The molecule has 2 aromatic carbocycles. The van der Waals surface area contributed by atoms with E-state index in [0.717, 1.165) is 18.4 Å². The summed E-state index contributed by atoms with van der Waals surface area (Å²) in [4.78, 5) is 26.0. The molecule has 9 heteroatoms. The van der Waals surface area contributed by atoms with Gasteiger partial charge in [0.15, 0.2) is 5.16 Å². The molecule has 2 heterocycles. The number of nitrogens with one attached hydrogen (secondary N) is 1. The maximum absolute atomic E-state index is 13.4. The molecule has 0 aliphatic carbocycles. The number of methoxy groups -OCH3 is 1. The highest BCUT2D eigenvalue weighted by Crippen LogP contribution is 2.24. The minimum atomic E-state index is -0.153. The van der Waals surface area contributed by atoms with Gasteiger partial charge in [-0.3, -0.25) is 18.6 Å². The molecule has 0 radical (unpaired) electrons. The lowest BCUT2D eigenvalue weighted by Crippen LogP contribution is -2.34. The van der Waals surface area contributed by atoms with Gasteiger partial charge < -0.3 is 10.1 Å². The summed E-state index contributed by atoms with van der Waals surface area (Å²) in [5.41, 5.74) is 1.42. The number of hydrogen-bond acceptors (Lipinski definition) is 6. The Balaban J connectivity index is 1.66. The molecule has 1 N–H and O–H groups in total. The second kappa shape index (κ2) is 10.9. The van der Waals surface area contributed by atoms with Crippen LogP contribution in [0.15, 0.2) is 58.5 Å². The second-order valence-corrected chi connectivity index (χ2v) is 10.0. The van der Waals surface area contributed by atoms with E-state index in [1.54, 1.807) is 17.7 Å². The second-order valence-electron chi connectivity index (χ2n) is 9.07. The van der Waals surface area contributed by atoms with E-state index in [1.165, 1.54) is 11.8 Å². The third-order valence-corrected chi connectivity index (χ3v) is 6.84. The number of carbonyl (C=O) groups excluding carboxylic acids is 1. The number of para-hydroxylation sites is 2. The van der Waals surface area contributed by atoms with Crippen molar-refractivity contribution >= 4 is 34.3 Å². The minimum Gasteiger partial charge on any atom is -0.496 e. The summed E-state index contributed by atoms with van der Waals surface area (Å²) < 4.78 is 8.94. The predicted octanol–water partition coefficient (Wildman–Crippen LogP) is 4.13. The molecule has 1 amide bonds. The van der Waals surface area contributed by atoms with E-state index in [0.29, 0.717) is 33.5 Å². The highest BCUT2D eigenvalue weighted by atomic mass is 32.2. The van der Waals surface area contributed by atoms with Gasteiger partial charge in [-0.25, -0.2) is 0 Å². The maximum Gasteiger partial charge on any atom is 0.263 e. The van der Waals surface area contributed by atoms with Crippen LogP contribution in [0.1, 0.15) is 39.2 Å². The number of amides is 1. The Morgan fingerprint density at radius 2 is 1.80 bits per heavy atom. The summed E-state index contributed by atoms with van der Waals surface area (Å²) in [6.07, 6.45) is 2.01. The summed E-state index contributed by atoms with van der Waals surface area (Å²) in [5, 5.41) is 12.9. The van der Waals surface area contributed by atoms with E-state index in [4.69, 9.17) is 4.74 Å². The molecule has 0 saturated carbocycles. The van der Waals surface area contributed by atoms with Crippen molar-refractivity contribution in [2.24, 2.45) is 5.92 Å². The third kappa shape index (κ3) is 5.51. The van der Waals surface area contributed by atoms with Crippen molar-refractivity contribution in [3.05, 3.63) is 64.4 Å². The number of fused-ring (bicyclic) bond motifs is 3. The van der Waals surface area contributed by atoms with Crippen LogP contribution in [0, 0.1) is 5.92 Å². The van der Waals surface area contributed by atoms with Gasteiger partial charge in [0, 0.05) is 11.6 Å². The molecule has 8 nitrogen and oxygen atoms in total. The fourth-order valence-electron chi connectivity index (χ4n) is 4.08. The molecule has 184 valence electrons. The van der Waals surface area contributed by atoms with Gasteiger partial charge in [0.2, 0.25) is 11.7 Å². The smallest absolute Gasteiger partial charge is 0.263 e. The summed E-state index contributed by atoms with van der Waals surface area (Å²) in [5.74, 6) is 1.89. The number of nitrogens with zero attached hydrogens (tertiary/aromatic N) is 4. The Morgan fingerprint density at radius 3 is 2.57 bits per heavy atom. The molecule has 1 atom stereocenters. The number of ether oxygens (including phenoxy) is 1. The van der Waals surface area contributed by atoms with Gasteiger partial charge >= 0.3 is 0 Å². The van der Waals surface area contributed by atoms with Crippen molar-refractivity contribution in [3.8, 4) is 5.75 Å². The standard InChI is InChI=1S/C26H31N5O3S/c1-17(2)13-14-18(3)27-23(32)16-35-26-29-28-25-30(15-19-9-5-8-12-22(19)34-4)24(33)20-10-6-7-11-21(20)31(25)26/h5-12,17-18H,13-16H2,1-4H3,(H,27,32)/t18-/m0/s1. The van der Waals surface area contributed by atoms with Gasteiger partial charge in [-0.05, 0) is 43.9 Å². The van der Waals surface area contributed by atoms with E-state index >= 15 is 0 Å². The Kier molecular flexibility index (Phi) is 7.75. The van der Waals surface area contributed by atoms with Gasteiger partial charge in [0.25, 0.3) is 5.56 Å². The van der Waals surface area contributed by atoms with Crippen LogP contribution < -0.4 is 15.6 Å². The SMILES string of the molecule is COc1ccccc1Cn1c(=O)c2ccccc2n2c(SCC(=O)N[C@@H](C)CCC(C)C)nnc12. The Morgan fingerprint density at radius 1 is 1.06 bits per heavy atom. The molecular formula is C26H31N5O3S. The fraction of sp³-hybridized carbons (Fsp3) is 0.385. The van der Waals surface area contributed by atoms with E-state index in [9.17, 15) is 9.59 Å². The number of thioether (sulfide) groups is 1. The Labute approximate surface area is 208 Å². The lowest BCUT2D eigenvalue weighted by atomic mass is 10.0. The zero-order valence-electron chi connectivity index (χ0n) is 20.5. The molecule has 35 heavy (non-hydrogen) atoms. The maximum atomic E-state index is 13.4. The van der Waals surface area contributed by atoms with Gasteiger partial charge in [0.1, 0.15) is 5.75 Å². The van der Waals surface area contributed by atoms with Gasteiger partial charge in [0.05, 0.1) is 30.3 Å². The average Bonchev–Trinajstić information content (AvgIpc) is 3.28. The molecule has 0 aliphatic heterocycles. The monoisotopic (exact) mass is 493 g/mol. The fourth-order valence-corrected chi connectivity index (χ4v) is 4.83.